The van der Waals surface area contributed by atoms with Gasteiger partial charge in [0.25, 0.3) is 0 Å². The summed E-state index contributed by atoms with van der Waals surface area (Å²) in [5, 5.41) is 3.35. The van der Waals surface area contributed by atoms with Gasteiger partial charge in [-0.3, -0.25) is 10.1 Å². The van der Waals surface area contributed by atoms with E-state index in [0.717, 1.165) is 0 Å². The van der Waals surface area contributed by atoms with Gasteiger partial charge in [-0.2, -0.15) is 0 Å². The van der Waals surface area contributed by atoms with Gasteiger partial charge in [0.1, 0.15) is 0 Å². The molecule has 1 saturated carbocycles. The normalized spacial score (nSPS) is 34.8. The molecule has 2 fully saturated rings. The number of hydrogen-bond donors (Lipinski definition) is 1. The molecule has 2 aliphatic rings. The molecule has 2 unspecified atom stereocenters. The van der Waals surface area contributed by atoms with E-state index in [9.17, 15) is 4.79 Å². The molecule has 0 aromatic rings. The highest BCUT2D eigenvalue weighted by molar-refractivity contribution is 5.84. The number of amides is 1. The van der Waals surface area contributed by atoms with E-state index in [1.807, 2.05) is 6.92 Å². The Balaban J connectivity index is 2.13. The average Bonchev–Trinajstić information content (AvgIpc) is 2.82. The predicted molar refractivity (Wildman–Crippen MR) is 51.1 cm³/mol. The summed E-state index contributed by atoms with van der Waals surface area (Å²) in [7, 11) is 0. The summed E-state index contributed by atoms with van der Waals surface area (Å²) < 4.78 is 0. The zero-order chi connectivity index (χ0) is 9.59. The maximum atomic E-state index is 11.8. The van der Waals surface area contributed by atoms with Crippen molar-refractivity contribution < 1.29 is 4.79 Å². The topological polar surface area (TPSA) is 32.3 Å². The average molecular weight is 182 g/mol. The van der Waals surface area contributed by atoms with Gasteiger partial charge in [-0.15, -0.1) is 0 Å². The number of rotatable bonds is 2. The lowest BCUT2D eigenvalue weighted by atomic mass is 10.1. The van der Waals surface area contributed by atoms with Crippen LogP contribution in [-0.2, 0) is 4.79 Å². The highest BCUT2D eigenvalue weighted by Gasteiger charge is 2.45. The molecule has 0 radical (unpaired) electrons. The maximum Gasteiger partial charge on any atom is 0.240 e. The Bertz CT molecular complexity index is 223. The van der Waals surface area contributed by atoms with Gasteiger partial charge in [-0.05, 0) is 25.7 Å². The standard InChI is InChI=1S/C10H18N2O/c1-6(2)9-11-7(3)10(13)12(9)8-4-5-8/h6-9,11H,4-5H2,1-3H3. The van der Waals surface area contributed by atoms with E-state index in [1.165, 1.54) is 12.8 Å². The molecule has 3 nitrogen and oxygen atoms in total. The first-order chi connectivity index (χ1) is 6.11. The smallest absolute Gasteiger partial charge is 0.240 e. The Kier molecular flexibility index (Phi) is 2.06. The molecular formula is C10H18N2O. The molecule has 1 saturated heterocycles. The van der Waals surface area contributed by atoms with Crippen molar-refractivity contribution in [3.05, 3.63) is 0 Å². The third-order valence-corrected chi connectivity index (χ3v) is 2.92. The second kappa shape index (κ2) is 2.98. The van der Waals surface area contributed by atoms with Crippen molar-refractivity contribution >= 4 is 5.91 Å². The fraction of sp³-hybridized carbons (Fsp3) is 0.900. The zero-order valence-electron chi connectivity index (χ0n) is 8.58. The van der Waals surface area contributed by atoms with Gasteiger partial charge >= 0.3 is 0 Å². The number of nitrogens with zero attached hydrogens (tertiary/aromatic N) is 1. The lowest BCUT2D eigenvalue weighted by molar-refractivity contribution is -0.130. The molecule has 0 spiro atoms. The first kappa shape index (κ1) is 9.00. The van der Waals surface area contributed by atoms with E-state index in [1.54, 1.807) is 0 Å². The fourth-order valence-electron chi connectivity index (χ4n) is 2.04. The first-order valence-corrected chi connectivity index (χ1v) is 5.19. The summed E-state index contributed by atoms with van der Waals surface area (Å²) in [5.74, 6) is 0.802. The molecule has 2 atom stereocenters. The van der Waals surface area contributed by atoms with Crippen molar-refractivity contribution in [3.8, 4) is 0 Å². The van der Waals surface area contributed by atoms with Crippen molar-refractivity contribution in [2.75, 3.05) is 0 Å². The largest absolute Gasteiger partial charge is 0.323 e. The van der Waals surface area contributed by atoms with E-state index in [2.05, 4.69) is 24.1 Å². The van der Waals surface area contributed by atoms with Crippen LogP contribution in [0.5, 0.6) is 0 Å². The van der Waals surface area contributed by atoms with E-state index in [0.29, 0.717) is 17.9 Å². The number of carbonyl (C=O) groups excluding carboxylic acids is 1. The minimum absolute atomic E-state index is 0.0213. The van der Waals surface area contributed by atoms with Crippen LogP contribution in [0.1, 0.15) is 33.6 Å². The van der Waals surface area contributed by atoms with E-state index in [-0.39, 0.29) is 12.2 Å². The van der Waals surface area contributed by atoms with Crippen LogP contribution in [0.3, 0.4) is 0 Å². The SMILES string of the molecule is CC1NC(C(C)C)N(C2CC2)C1=O. The van der Waals surface area contributed by atoms with Gasteiger partial charge in [0.15, 0.2) is 0 Å². The van der Waals surface area contributed by atoms with Crippen LogP contribution < -0.4 is 5.32 Å². The van der Waals surface area contributed by atoms with Crippen molar-refractivity contribution in [2.24, 2.45) is 5.92 Å². The molecule has 1 heterocycles. The van der Waals surface area contributed by atoms with E-state index in [4.69, 9.17) is 0 Å². The van der Waals surface area contributed by atoms with Crippen molar-refractivity contribution in [1.82, 2.24) is 10.2 Å². The molecule has 0 aromatic heterocycles. The third kappa shape index (κ3) is 1.46. The second-order valence-electron chi connectivity index (χ2n) is 4.55. The molecule has 1 aliphatic carbocycles. The molecule has 1 N–H and O–H groups in total. The molecule has 1 aliphatic heterocycles. The molecule has 3 heteroatoms. The number of hydrogen-bond acceptors (Lipinski definition) is 2. The highest BCUT2D eigenvalue weighted by Crippen LogP contribution is 2.33. The molecular weight excluding hydrogens is 164 g/mol. The van der Waals surface area contributed by atoms with E-state index < -0.39 is 0 Å². The first-order valence-electron chi connectivity index (χ1n) is 5.19. The molecule has 74 valence electrons. The number of nitrogens with one attached hydrogen (secondary N) is 1. The summed E-state index contributed by atoms with van der Waals surface area (Å²) in [4.78, 5) is 13.8. The molecule has 0 bridgehead atoms. The predicted octanol–water partition coefficient (Wildman–Crippen LogP) is 0.951. The Labute approximate surface area is 79.5 Å². The fourth-order valence-corrected chi connectivity index (χ4v) is 2.04. The van der Waals surface area contributed by atoms with Gasteiger partial charge in [-0.25, -0.2) is 0 Å². The lowest BCUT2D eigenvalue weighted by Gasteiger charge is -2.27. The lowest BCUT2D eigenvalue weighted by Crippen LogP contribution is -2.42. The van der Waals surface area contributed by atoms with Gasteiger partial charge in [0, 0.05) is 6.04 Å². The quantitative estimate of drug-likeness (QED) is 0.689. The van der Waals surface area contributed by atoms with Gasteiger partial charge in [0.2, 0.25) is 5.91 Å². The van der Waals surface area contributed by atoms with Gasteiger partial charge in [0.05, 0.1) is 12.2 Å². The highest BCUT2D eigenvalue weighted by atomic mass is 16.2. The van der Waals surface area contributed by atoms with Crippen LogP contribution in [-0.4, -0.2) is 29.1 Å². The Hall–Kier alpha value is -0.570. The number of carbonyl (C=O) groups is 1. The minimum Gasteiger partial charge on any atom is -0.323 e. The third-order valence-electron chi connectivity index (χ3n) is 2.92. The molecule has 13 heavy (non-hydrogen) atoms. The monoisotopic (exact) mass is 182 g/mol. The summed E-state index contributed by atoms with van der Waals surface area (Å²) in [6, 6.07) is 0.561. The summed E-state index contributed by atoms with van der Waals surface area (Å²) in [6.45, 7) is 6.29. The summed E-state index contributed by atoms with van der Waals surface area (Å²) in [5.41, 5.74) is 0. The van der Waals surface area contributed by atoms with Crippen LogP contribution in [0.15, 0.2) is 0 Å². The van der Waals surface area contributed by atoms with E-state index >= 15 is 0 Å². The Morgan fingerprint density at radius 1 is 1.46 bits per heavy atom. The van der Waals surface area contributed by atoms with Crippen molar-refractivity contribution in [2.45, 2.75) is 51.9 Å². The molecule has 1 amide bonds. The van der Waals surface area contributed by atoms with Crippen molar-refractivity contribution in [1.29, 1.82) is 0 Å². The molecule has 2 rings (SSSR count). The maximum absolute atomic E-state index is 11.8. The Morgan fingerprint density at radius 3 is 2.54 bits per heavy atom. The van der Waals surface area contributed by atoms with Crippen LogP contribution in [0.25, 0.3) is 0 Å². The second-order valence-corrected chi connectivity index (χ2v) is 4.55. The van der Waals surface area contributed by atoms with Crippen LogP contribution >= 0.6 is 0 Å². The minimum atomic E-state index is 0.0213. The summed E-state index contributed by atoms with van der Waals surface area (Å²) in [6.07, 6.45) is 2.67. The Morgan fingerprint density at radius 2 is 2.08 bits per heavy atom. The zero-order valence-corrected chi connectivity index (χ0v) is 8.58. The van der Waals surface area contributed by atoms with Gasteiger partial charge in [-0.1, -0.05) is 13.8 Å². The van der Waals surface area contributed by atoms with Crippen LogP contribution in [0.2, 0.25) is 0 Å². The van der Waals surface area contributed by atoms with Crippen LogP contribution in [0, 0.1) is 5.92 Å². The summed E-state index contributed by atoms with van der Waals surface area (Å²) >= 11 is 0. The van der Waals surface area contributed by atoms with Crippen LogP contribution in [0.4, 0.5) is 0 Å². The van der Waals surface area contributed by atoms with Gasteiger partial charge < -0.3 is 4.90 Å². The molecule has 0 aromatic carbocycles. The van der Waals surface area contributed by atoms with Crippen molar-refractivity contribution in [3.63, 3.8) is 0 Å².